The molecule has 0 fully saturated rings. The summed E-state index contributed by atoms with van der Waals surface area (Å²) in [6.07, 6.45) is 2.82. The highest BCUT2D eigenvalue weighted by molar-refractivity contribution is 14.1. The standard InChI is InChI=1S/C6H9IO/c7-5-3-1-2-4-6-8/h8H,1-2,4,6H2/i7-4. The lowest BCUT2D eigenvalue weighted by molar-refractivity contribution is 0.285. The predicted octanol–water partition coefficient (Wildman–Crippen LogP) is 1.54. The number of hydrogen-bond acceptors (Lipinski definition) is 1. The fraction of sp³-hybridized carbons (Fsp3) is 0.667. The second-order valence-corrected chi connectivity index (χ2v) is 1.99. The summed E-state index contributed by atoms with van der Waals surface area (Å²) in [6, 6.07) is 0. The Bertz CT molecular complexity index is 90.4. The van der Waals surface area contributed by atoms with Gasteiger partial charge in [-0.15, -0.1) is 0 Å². The third kappa shape index (κ3) is 6.25. The molecule has 2 heteroatoms. The Morgan fingerprint density at radius 3 is 2.62 bits per heavy atom. The Kier molecular flexibility index (Phi) is 7.48. The zero-order valence-electron chi connectivity index (χ0n) is 4.65. The maximum Gasteiger partial charge on any atom is 0.0431 e. The molecule has 0 saturated carbocycles. The number of halogens is 1. The van der Waals surface area contributed by atoms with Crippen LogP contribution in [0.5, 0.6) is 0 Å². The third-order valence-corrected chi connectivity index (χ3v) is 1.16. The maximum atomic E-state index is 8.32. The molecule has 46 valence electrons. The molecule has 0 rings (SSSR count). The molecule has 0 saturated heterocycles. The summed E-state index contributed by atoms with van der Waals surface area (Å²) in [5.74, 6) is 2.91. The van der Waals surface area contributed by atoms with E-state index in [9.17, 15) is 0 Å². The molecule has 0 aliphatic heterocycles. The minimum atomic E-state index is 0.295. The summed E-state index contributed by atoms with van der Waals surface area (Å²) >= 11 is 2.02. The first-order valence-corrected chi connectivity index (χ1v) is 3.69. The topological polar surface area (TPSA) is 20.2 Å². The Hall–Kier alpha value is 0.250. The van der Waals surface area contributed by atoms with Crippen molar-refractivity contribution in [1.82, 2.24) is 0 Å². The second-order valence-electron chi connectivity index (χ2n) is 1.45. The van der Waals surface area contributed by atoms with E-state index in [4.69, 9.17) is 5.11 Å². The van der Waals surface area contributed by atoms with E-state index in [0.717, 1.165) is 19.3 Å². The van der Waals surface area contributed by atoms with Gasteiger partial charge in [-0.25, -0.2) is 0 Å². The van der Waals surface area contributed by atoms with E-state index in [1.807, 2.05) is 22.6 Å². The van der Waals surface area contributed by atoms with Gasteiger partial charge in [0, 0.05) is 35.6 Å². The molecule has 0 atom stereocenters. The van der Waals surface area contributed by atoms with Gasteiger partial charge in [0.2, 0.25) is 0 Å². The van der Waals surface area contributed by atoms with Crippen molar-refractivity contribution in [2.24, 2.45) is 0 Å². The van der Waals surface area contributed by atoms with Crippen LogP contribution in [0.4, 0.5) is 0 Å². The summed E-state index contributed by atoms with van der Waals surface area (Å²) in [5, 5.41) is 8.32. The summed E-state index contributed by atoms with van der Waals surface area (Å²) in [4.78, 5) is 0. The van der Waals surface area contributed by atoms with Gasteiger partial charge < -0.3 is 5.11 Å². The van der Waals surface area contributed by atoms with Gasteiger partial charge >= 0.3 is 0 Å². The van der Waals surface area contributed by atoms with Gasteiger partial charge in [0.25, 0.3) is 0 Å². The van der Waals surface area contributed by atoms with Crippen molar-refractivity contribution in [1.29, 1.82) is 0 Å². The lowest BCUT2D eigenvalue weighted by Gasteiger charge is -1.86. The normalized spacial score (nSPS) is 7.75. The van der Waals surface area contributed by atoms with Crippen LogP contribution in [0, 0.1) is 9.85 Å². The first kappa shape index (κ1) is 8.25. The minimum Gasteiger partial charge on any atom is -0.396 e. The lowest BCUT2D eigenvalue weighted by Crippen LogP contribution is -1.79. The zero-order valence-corrected chi connectivity index (χ0v) is 6.81. The molecule has 0 bridgehead atoms. The highest BCUT2D eigenvalue weighted by Crippen LogP contribution is 1.91. The van der Waals surface area contributed by atoms with E-state index < -0.39 is 0 Å². The number of hydrogen-bond donors (Lipinski definition) is 1. The quantitative estimate of drug-likeness (QED) is 0.434. The SMILES string of the molecule is OCCCCC#C[123I]. The minimum absolute atomic E-state index is 0.295. The van der Waals surface area contributed by atoms with E-state index in [1.54, 1.807) is 0 Å². The highest BCUT2D eigenvalue weighted by Gasteiger charge is 1.79. The maximum absolute atomic E-state index is 8.32. The molecule has 1 nitrogen and oxygen atoms in total. The number of unbranched alkanes of at least 4 members (excludes halogenated alkanes) is 2. The molecular weight excluding hydrogens is 211 g/mol. The summed E-state index contributed by atoms with van der Waals surface area (Å²) < 4.78 is 2.76. The molecule has 0 aliphatic rings. The molecule has 0 amide bonds. The predicted molar refractivity (Wildman–Crippen MR) is 42.7 cm³/mol. The fourth-order valence-corrected chi connectivity index (χ4v) is 0.642. The van der Waals surface area contributed by atoms with Crippen LogP contribution in [-0.2, 0) is 0 Å². The van der Waals surface area contributed by atoms with Crippen LogP contribution in [-0.4, -0.2) is 11.7 Å². The Balaban J connectivity index is 2.79. The summed E-state index contributed by atoms with van der Waals surface area (Å²) in [5.41, 5.74) is 0. The van der Waals surface area contributed by atoms with Crippen molar-refractivity contribution >= 4 is 22.6 Å². The van der Waals surface area contributed by atoms with Crippen LogP contribution in [0.15, 0.2) is 0 Å². The molecular formula is C6H9IO. The van der Waals surface area contributed by atoms with E-state index in [1.165, 1.54) is 0 Å². The molecule has 0 unspecified atom stereocenters. The average Bonchev–Trinajstić information content (AvgIpc) is 1.81. The lowest BCUT2D eigenvalue weighted by atomic mass is 10.2. The molecule has 0 heterocycles. The first-order chi connectivity index (χ1) is 3.91. The smallest absolute Gasteiger partial charge is 0.0431 e. The number of aliphatic hydroxyl groups is 1. The van der Waals surface area contributed by atoms with Crippen LogP contribution >= 0.6 is 22.6 Å². The van der Waals surface area contributed by atoms with E-state index >= 15 is 0 Å². The molecule has 0 spiro atoms. The summed E-state index contributed by atoms with van der Waals surface area (Å²) in [6.45, 7) is 0.295. The fourth-order valence-electron chi connectivity index (χ4n) is 0.372. The Labute approximate surface area is 63.6 Å². The van der Waals surface area contributed by atoms with Crippen LogP contribution in [0.2, 0.25) is 0 Å². The van der Waals surface area contributed by atoms with Crippen molar-refractivity contribution in [2.75, 3.05) is 6.61 Å². The average molecular weight is 220 g/mol. The molecule has 0 aromatic carbocycles. The van der Waals surface area contributed by atoms with Gasteiger partial charge in [0.05, 0.1) is 0 Å². The van der Waals surface area contributed by atoms with Crippen LogP contribution in [0.3, 0.4) is 0 Å². The highest BCUT2D eigenvalue weighted by atomic mass is 123. The molecule has 8 heavy (non-hydrogen) atoms. The van der Waals surface area contributed by atoms with Gasteiger partial charge in [-0.1, -0.05) is 5.92 Å². The van der Waals surface area contributed by atoms with Gasteiger partial charge in [0.1, 0.15) is 0 Å². The van der Waals surface area contributed by atoms with Gasteiger partial charge in [-0.3, -0.25) is 0 Å². The van der Waals surface area contributed by atoms with Gasteiger partial charge in [0.15, 0.2) is 0 Å². The molecule has 1 N–H and O–H groups in total. The largest absolute Gasteiger partial charge is 0.396 e. The van der Waals surface area contributed by atoms with Crippen molar-refractivity contribution in [3.63, 3.8) is 0 Å². The Morgan fingerprint density at radius 1 is 1.38 bits per heavy atom. The van der Waals surface area contributed by atoms with Crippen molar-refractivity contribution in [2.45, 2.75) is 19.3 Å². The summed E-state index contributed by atoms with van der Waals surface area (Å²) in [7, 11) is 0. The van der Waals surface area contributed by atoms with Crippen LogP contribution in [0.1, 0.15) is 19.3 Å². The van der Waals surface area contributed by atoms with Crippen molar-refractivity contribution in [3.8, 4) is 9.85 Å². The van der Waals surface area contributed by atoms with Gasteiger partial charge in [-0.2, -0.15) is 0 Å². The number of rotatable bonds is 3. The molecule has 0 aliphatic carbocycles. The van der Waals surface area contributed by atoms with E-state index in [-0.39, 0.29) is 0 Å². The molecule has 0 radical (unpaired) electrons. The number of aliphatic hydroxyl groups excluding tert-OH is 1. The monoisotopic (exact) mass is 220 g/mol. The van der Waals surface area contributed by atoms with Crippen molar-refractivity contribution in [3.05, 3.63) is 0 Å². The van der Waals surface area contributed by atoms with Crippen LogP contribution < -0.4 is 0 Å². The third-order valence-electron chi connectivity index (χ3n) is 0.777. The van der Waals surface area contributed by atoms with Gasteiger partial charge in [-0.05, 0) is 16.8 Å². The Morgan fingerprint density at radius 2 is 2.12 bits per heavy atom. The molecule has 0 aromatic heterocycles. The first-order valence-electron chi connectivity index (χ1n) is 2.61. The van der Waals surface area contributed by atoms with E-state index in [0.29, 0.717) is 6.61 Å². The molecule has 0 aromatic rings. The van der Waals surface area contributed by atoms with E-state index in [2.05, 4.69) is 9.85 Å². The van der Waals surface area contributed by atoms with Crippen LogP contribution in [0.25, 0.3) is 0 Å². The van der Waals surface area contributed by atoms with Crippen molar-refractivity contribution < 1.29 is 5.11 Å². The second kappa shape index (κ2) is 7.25. The zero-order chi connectivity index (χ0) is 6.24.